The Labute approximate surface area is 73.0 Å². The standard InChI is InChI=1S/C9H15N3/c1-3-9-11-5-4-8(12-9)7(2)6-10/h4-5,7H,3,6,10H2,1-2H3. The minimum absolute atomic E-state index is 0.332. The van der Waals surface area contributed by atoms with Crippen LogP contribution < -0.4 is 5.73 Å². The highest BCUT2D eigenvalue weighted by Gasteiger charge is 2.04. The molecule has 0 aromatic carbocycles. The van der Waals surface area contributed by atoms with Crippen molar-refractivity contribution in [2.75, 3.05) is 6.54 Å². The summed E-state index contributed by atoms with van der Waals surface area (Å²) < 4.78 is 0. The smallest absolute Gasteiger partial charge is 0.128 e. The molecular weight excluding hydrogens is 150 g/mol. The monoisotopic (exact) mass is 165 g/mol. The van der Waals surface area contributed by atoms with Crippen LogP contribution >= 0.6 is 0 Å². The summed E-state index contributed by atoms with van der Waals surface area (Å²) in [6, 6.07) is 1.93. The molecular formula is C9H15N3. The number of rotatable bonds is 3. The van der Waals surface area contributed by atoms with Gasteiger partial charge in [-0.2, -0.15) is 0 Å². The fourth-order valence-electron chi connectivity index (χ4n) is 0.980. The van der Waals surface area contributed by atoms with E-state index in [1.54, 1.807) is 6.20 Å². The van der Waals surface area contributed by atoms with E-state index in [0.717, 1.165) is 17.9 Å². The maximum Gasteiger partial charge on any atom is 0.128 e. The van der Waals surface area contributed by atoms with Gasteiger partial charge >= 0.3 is 0 Å². The summed E-state index contributed by atoms with van der Waals surface area (Å²) in [4.78, 5) is 8.49. The van der Waals surface area contributed by atoms with Gasteiger partial charge in [0, 0.05) is 30.8 Å². The van der Waals surface area contributed by atoms with Crippen molar-refractivity contribution in [2.24, 2.45) is 5.73 Å². The molecule has 1 aromatic rings. The second kappa shape index (κ2) is 4.16. The van der Waals surface area contributed by atoms with Gasteiger partial charge < -0.3 is 5.73 Å². The molecule has 1 heterocycles. The zero-order valence-electron chi connectivity index (χ0n) is 7.62. The van der Waals surface area contributed by atoms with Gasteiger partial charge in [0.25, 0.3) is 0 Å². The number of aromatic nitrogens is 2. The molecule has 0 bridgehead atoms. The van der Waals surface area contributed by atoms with E-state index in [4.69, 9.17) is 5.73 Å². The molecule has 1 unspecified atom stereocenters. The second-order valence-electron chi connectivity index (χ2n) is 2.89. The lowest BCUT2D eigenvalue weighted by Gasteiger charge is -2.07. The zero-order valence-corrected chi connectivity index (χ0v) is 7.62. The van der Waals surface area contributed by atoms with E-state index < -0.39 is 0 Å². The minimum Gasteiger partial charge on any atom is -0.330 e. The summed E-state index contributed by atoms with van der Waals surface area (Å²) in [6.45, 7) is 4.76. The Kier molecular flexibility index (Phi) is 3.17. The van der Waals surface area contributed by atoms with Crippen molar-refractivity contribution in [1.29, 1.82) is 0 Å². The van der Waals surface area contributed by atoms with Crippen LogP contribution in [0, 0.1) is 0 Å². The molecule has 12 heavy (non-hydrogen) atoms. The van der Waals surface area contributed by atoms with Crippen molar-refractivity contribution in [3.05, 3.63) is 23.8 Å². The molecule has 66 valence electrons. The number of aryl methyl sites for hydroxylation is 1. The molecule has 1 atom stereocenters. The molecule has 0 saturated carbocycles. The maximum absolute atomic E-state index is 5.54. The highest BCUT2D eigenvalue weighted by molar-refractivity contribution is 5.07. The van der Waals surface area contributed by atoms with Crippen LogP contribution in [0.4, 0.5) is 0 Å². The normalized spacial score (nSPS) is 12.9. The molecule has 3 heteroatoms. The van der Waals surface area contributed by atoms with Crippen molar-refractivity contribution in [2.45, 2.75) is 26.2 Å². The summed E-state index contributed by atoms with van der Waals surface area (Å²) >= 11 is 0. The van der Waals surface area contributed by atoms with Gasteiger partial charge in [-0.15, -0.1) is 0 Å². The molecule has 0 fully saturated rings. The Balaban J connectivity index is 2.86. The maximum atomic E-state index is 5.54. The molecule has 1 aromatic heterocycles. The largest absolute Gasteiger partial charge is 0.330 e. The van der Waals surface area contributed by atoms with Crippen LogP contribution in [0.15, 0.2) is 12.3 Å². The van der Waals surface area contributed by atoms with Gasteiger partial charge in [0.05, 0.1) is 0 Å². The molecule has 0 aliphatic rings. The number of hydrogen-bond donors (Lipinski definition) is 1. The highest BCUT2D eigenvalue weighted by atomic mass is 14.9. The van der Waals surface area contributed by atoms with E-state index in [-0.39, 0.29) is 0 Å². The highest BCUT2D eigenvalue weighted by Crippen LogP contribution is 2.09. The average molecular weight is 165 g/mol. The molecule has 0 amide bonds. The van der Waals surface area contributed by atoms with Crippen molar-refractivity contribution >= 4 is 0 Å². The van der Waals surface area contributed by atoms with E-state index in [2.05, 4.69) is 16.9 Å². The summed E-state index contributed by atoms with van der Waals surface area (Å²) in [7, 11) is 0. The number of nitrogens with zero attached hydrogens (tertiary/aromatic N) is 2. The third-order valence-electron chi connectivity index (χ3n) is 1.90. The average Bonchev–Trinajstić information content (AvgIpc) is 2.17. The van der Waals surface area contributed by atoms with E-state index in [1.807, 2.05) is 13.0 Å². The Hall–Kier alpha value is -0.960. The van der Waals surface area contributed by atoms with Crippen molar-refractivity contribution in [3.63, 3.8) is 0 Å². The topological polar surface area (TPSA) is 51.8 Å². The predicted molar refractivity (Wildman–Crippen MR) is 48.9 cm³/mol. The lowest BCUT2D eigenvalue weighted by atomic mass is 10.1. The SMILES string of the molecule is CCc1nccc(C(C)CN)n1. The van der Waals surface area contributed by atoms with Crippen LogP contribution in [-0.4, -0.2) is 16.5 Å². The minimum atomic E-state index is 0.332. The van der Waals surface area contributed by atoms with E-state index in [1.165, 1.54) is 0 Å². The van der Waals surface area contributed by atoms with Crippen LogP contribution in [0.1, 0.15) is 31.3 Å². The van der Waals surface area contributed by atoms with Gasteiger partial charge in [0.15, 0.2) is 0 Å². The summed E-state index contributed by atoms with van der Waals surface area (Å²) in [5.74, 6) is 1.23. The first-order chi connectivity index (χ1) is 5.77. The lowest BCUT2D eigenvalue weighted by Crippen LogP contribution is -2.11. The quantitative estimate of drug-likeness (QED) is 0.729. The molecule has 3 nitrogen and oxygen atoms in total. The summed E-state index contributed by atoms with van der Waals surface area (Å²) in [5, 5.41) is 0. The predicted octanol–water partition coefficient (Wildman–Crippen LogP) is 1.10. The van der Waals surface area contributed by atoms with Crippen molar-refractivity contribution < 1.29 is 0 Å². The molecule has 0 saturated heterocycles. The van der Waals surface area contributed by atoms with Crippen molar-refractivity contribution in [1.82, 2.24) is 9.97 Å². The van der Waals surface area contributed by atoms with Gasteiger partial charge in [-0.05, 0) is 6.07 Å². The van der Waals surface area contributed by atoms with Gasteiger partial charge in [0.1, 0.15) is 5.82 Å². The third kappa shape index (κ3) is 2.01. The Morgan fingerprint density at radius 3 is 2.92 bits per heavy atom. The lowest BCUT2D eigenvalue weighted by molar-refractivity contribution is 0.727. The third-order valence-corrected chi connectivity index (χ3v) is 1.90. The zero-order chi connectivity index (χ0) is 8.97. The molecule has 0 radical (unpaired) electrons. The van der Waals surface area contributed by atoms with E-state index in [0.29, 0.717) is 12.5 Å². The van der Waals surface area contributed by atoms with Crippen LogP contribution in [0.5, 0.6) is 0 Å². The van der Waals surface area contributed by atoms with Crippen molar-refractivity contribution in [3.8, 4) is 0 Å². The van der Waals surface area contributed by atoms with Crippen LogP contribution in [-0.2, 0) is 6.42 Å². The first-order valence-corrected chi connectivity index (χ1v) is 4.29. The molecule has 1 rings (SSSR count). The Bertz CT molecular complexity index is 247. The van der Waals surface area contributed by atoms with Gasteiger partial charge in [-0.1, -0.05) is 13.8 Å². The Morgan fingerprint density at radius 1 is 1.58 bits per heavy atom. The fourth-order valence-corrected chi connectivity index (χ4v) is 0.980. The molecule has 0 spiro atoms. The van der Waals surface area contributed by atoms with Gasteiger partial charge in [-0.25, -0.2) is 9.97 Å². The first-order valence-electron chi connectivity index (χ1n) is 4.29. The molecule has 0 aliphatic heterocycles. The van der Waals surface area contributed by atoms with E-state index in [9.17, 15) is 0 Å². The summed E-state index contributed by atoms with van der Waals surface area (Å²) in [5.41, 5.74) is 6.58. The fraction of sp³-hybridized carbons (Fsp3) is 0.556. The van der Waals surface area contributed by atoms with E-state index >= 15 is 0 Å². The summed E-state index contributed by atoms with van der Waals surface area (Å²) in [6.07, 6.45) is 2.68. The van der Waals surface area contributed by atoms with Gasteiger partial charge in [-0.3, -0.25) is 0 Å². The Morgan fingerprint density at radius 2 is 2.33 bits per heavy atom. The van der Waals surface area contributed by atoms with Crippen LogP contribution in [0.25, 0.3) is 0 Å². The van der Waals surface area contributed by atoms with Gasteiger partial charge in [0.2, 0.25) is 0 Å². The van der Waals surface area contributed by atoms with Crippen LogP contribution in [0.2, 0.25) is 0 Å². The number of nitrogens with two attached hydrogens (primary N) is 1. The first kappa shape index (κ1) is 9.13. The number of hydrogen-bond acceptors (Lipinski definition) is 3. The second-order valence-corrected chi connectivity index (χ2v) is 2.89. The molecule has 2 N–H and O–H groups in total. The van der Waals surface area contributed by atoms with Crippen LogP contribution in [0.3, 0.4) is 0 Å². The molecule has 0 aliphatic carbocycles.